The van der Waals surface area contributed by atoms with Crippen molar-refractivity contribution in [2.45, 2.75) is 6.54 Å². The van der Waals surface area contributed by atoms with Gasteiger partial charge in [-0.1, -0.05) is 15.9 Å². The number of hydrogen-bond acceptors (Lipinski definition) is 3. The molecule has 1 aromatic rings. The van der Waals surface area contributed by atoms with Gasteiger partial charge in [0.15, 0.2) is 0 Å². The molecule has 1 aromatic carbocycles. The SMILES string of the molecule is COC(=O)CNCc1cc(F)ccc1Br. The van der Waals surface area contributed by atoms with Gasteiger partial charge >= 0.3 is 5.97 Å². The highest BCUT2D eigenvalue weighted by Gasteiger charge is 2.03. The van der Waals surface area contributed by atoms with E-state index >= 15 is 0 Å². The maximum atomic E-state index is 12.9. The fourth-order valence-electron chi connectivity index (χ4n) is 1.05. The maximum Gasteiger partial charge on any atom is 0.319 e. The molecular formula is C10H11BrFNO2. The molecule has 0 atom stereocenters. The molecule has 3 nitrogen and oxygen atoms in total. The van der Waals surface area contributed by atoms with E-state index in [-0.39, 0.29) is 18.3 Å². The van der Waals surface area contributed by atoms with Crippen LogP contribution < -0.4 is 5.32 Å². The molecule has 0 spiro atoms. The highest BCUT2D eigenvalue weighted by molar-refractivity contribution is 9.10. The van der Waals surface area contributed by atoms with Crippen LogP contribution in [0.1, 0.15) is 5.56 Å². The zero-order valence-corrected chi connectivity index (χ0v) is 9.80. The Labute approximate surface area is 95.7 Å². The molecule has 0 aromatic heterocycles. The topological polar surface area (TPSA) is 38.3 Å². The first-order chi connectivity index (χ1) is 7.13. The van der Waals surface area contributed by atoms with Crippen LogP contribution in [0.25, 0.3) is 0 Å². The molecular weight excluding hydrogens is 265 g/mol. The van der Waals surface area contributed by atoms with Crippen LogP contribution in [0.5, 0.6) is 0 Å². The highest BCUT2D eigenvalue weighted by atomic mass is 79.9. The smallest absolute Gasteiger partial charge is 0.319 e. The first-order valence-electron chi connectivity index (χ1n) is 4.35. The van der Waals surface area contributed by atoms with E-state index < -0.39 is 0 Å². The summed E-state index contributed by atoms with van der Waals surface area (Å²) >= 11 is 3.29. The van der Waals surface area contributed by atoms with Crippen LogP contribution in [0.2, 0.25) is 0 Å². The van der Waals surface area contributed by atoms with Crippen molar-refractivity contribution in [3.63, 3.8) is 0 Å². The number of esters is 1. The zero-order valence-electron chi connectivity index (χ0n) is 8.22. The Morgan fingerprint density at radius 1 is 1.60 bits per heavy atom. The van der Waals surface area contributed by atoms with Gasteiger partial charge in [0.05, 0.1) is 13.7 Å². The number of halogens is 2. The molecule has 15 heavy (non-hydrogen) atoms. The van der Waals surface area contributed by atoms with E-state index in [1.807, 2.05) is 0 Å². The molecule has 0 amide bonds. The molecule has 82 valence electrons. The third kappa shape index (κ3) is 3.97. The lowest BCUT2D eigenvalue weighted by atomic mass is 10.2. The lowest BCUT2D eigenvalue weighted by molar-refractivity contribution is -0.139. The van der Waals surface area contributed by atoms with E-state index in [2.05, 4.69) is 26.0 Å². The third-order valence-electron chi connectivity index (χ3n) is 1.82. The summed E-state index contributed by atoms with van der Waals surface area (Å²) in [5.41, 5.74) is 0.763. The summed E-state index contributed by atoms with van der Waals surface area (Å²) in [7, 11) is 1.32. The summed E-state index contributed by atoms with van der Waals surface area (Å²) in [6, 6.07) is 4.41. The minimum atomic E-state index is -0.345. The van der Waals surface area contributed by atoms with Crippen molar-refractivity contribution in [2.24, 2.45) is 0 Å². The number of carbonyl (C=O) groups excluding carboxylic acids is 1. The highest BCUT2D eigenvalue weighted by Crippen LogP contribution is 2.17. The normalized spacial score (nSPS) is 10.1. The van der Waals surface area contributed by atoms with Gasteiger partial charge in [0, 0.05) is 11.0 Å². The summed E-state index contributed by atoms with van der Waals surface area (Å²) in [6.45, 7) is 0.521. The van der Waals surface area contributed by atoms with Gasteiger partial charge in [-0.3, -0.25) is 4.79 Å². The predicted octanol–water partition coefficient (Wildman–Crippen LogP) is 1.85. The van der Waals surface area contributed by atoms with Crippen molar-refractivity contribution in [2.75, 3.05) is 13.7 Å². The van der Waals surface area contributed by atoms with Gasteiger partial charge in [0.2, 0.25) is 0 Å². The van der Waals surface area contributed by atoms with Crippen LogP contribution >= 0.6 is 15.9 Å². The van der Waals surface area contributed by atoms with Gasteiger partial charge in [-0.2, -0.15) is 0 Å². The molecule has 0 saturated heterocycles. The largest absolute Gasteiger partial charge is 0.468 e. The number of rotatable bonds is 4. The molecule has 0 saturated carbocycles. The Morgan fingerprint density at radius 2 is 2.33 bits per heavy atom. The van der Waals surface area contributed by atoms with Crippen molar-refractivity contribution < 1.29 is 13.9 Å². The fraction of sp³-hybridized carbons (Fsp3) is 0.300. The van der Waals surface area contributed by atoms with E-state index in [9.17, 15) is 9.18 Å². The molecule has 0 aliphatic carbocycles. The molecule has 0 unspecified atom stereocenters. The number of methoxy groups -OCH3 is 1. The van der Waals surface area contributed by atoms with Gasteiger partial charge in [0.25, 0.3) is 0 Å². The molecule has 1 N–H and O–H groups in total. The molecule has 0 aliphatic heterocycles. The fourth-order valence-corrected chi connectivity index (χ4v) is 1.44. The molecule has 0 bridgehead atoms. The summed E-state index contributed by atoms with van der Waals surface area (Å²) in [4.78, 5) is 10.8. The summed E-state index contributed by atoms with van der Waals surface area (Å²) in [6.07, 6.45) is 0. The van der Waals surface area contributed by atoms with Crippen LogP contribution in [0.3, 0.4) is 0 Å². The van der Waals surface area contributed by atoms with Crippen molar-refractivity contribution in [3.8, 4) is 0 Å². The van der Waals surface area contributed by atoms with Gasteiger partial charge in [-0.15, -0.1) is 0 Å². The molecule has 5 heteroatoms. The Hall–Kier alpha value is -0.940. The standard InChI is InChI=1S/C10H11BrFNO2/c1-15-10(14)6-13-5-7-4-8(12)2-3-9(7)11/h2-4,13H,5-6H2,1H3. The Morgan fingerprint density at radius 3 is 3.00 bits per heavy atom. The van der Waals surface area contributed by atoms with Gasteiger partial charge in [0.1, 0.15) is 5.82 Å². The average Bonchev–Trinajstić information content (AvgIpc) is 2.23. The number of nitrogens with one attached hydrogen (secondary N) is 1. The van der Waals surface area contributed by atoms with E-state index in [1.165, 1.54) is 19.2 Å². The summed E-state index contributed by atoms with van der Waals surface area (Å²) in [5, 5.41) is 2.85. The van der Waals surface area contributed by atoms with Crippen LogP contribution in [0.4, 0.5) is 4.39 Å². The number of benzene rings is 1. The van der Waals surface area contributed by atoms with Gasteiger partial charge in [-0.05, 0) is 23.8 Å². The average molecular weight is 276 g/mol. The second-order valence-corrected chi connectivity index (χ2v) is 3.77. The summed E-state index contributed by atoms with van der Waals surface area (Å²) in [5.74, 6) is -0.643. The predicted molar refractivity (Wildman–Crippen MR) is 57.8 cm³/mol. The molecule has 1 rings (SSSR count). The van der Waals surface area contributed by atoms with Crippen LogP contribution in [0.15, 0.2) is 22.7 Å². The lowest BCUT2D eigenvalue weighted by Crippen LogP contribution is -2.23. The zero-order chi connectivity index (χ0) is 11.3. The van der Waals surface area contributed by atoms with Crippen molar-refractivity contribution >= 4 is 21.9 Å². The van der Waals surface area contributed by atoms with Crippen LogP contribution in [-0.2, 0) is 16.1 Å². The van der Waals surface area contributed by atoms with Crippen LogP contribution in [0, 0.1) is 5.82 Å². The molecule has 0 radical (unpaired) electrons. The quantitative estimate of drug-likeness (QED) is 0.853. The second kappa shape index (κ2) is 5.82. The molecule has 0 heterocycles. The number of hydrogen-bond donors (Lipinski definition) is 1. The number of ether oxygens (including phenoxy) is 1. The second-order valence-electron chi connectivity index (χ2n) is 2.92. The van der Waals surface area contributed by atoms with E-state index in [1.54, 1.807) is 6.07 Å². The minimum absolute atomic E-state index is 0.111. The van der Waals surface area contributed by atoms with E-state index in [0.717, 1.165) is 10.0 Å². The Balaban J connectivity index is 2.50. The maximum absolute atomic E-state index is 12.9. The number of carbonyl (C=O) groups is 1. The van der Waals surface area contributed by atoms with Crippen molar-refractivity contribution in [1.82, 2.24) is 5.32 Å². The Bertz CT molecular complexity index is 357. The van der Waals surface area contributed by atoms with E-state index in [4.69, 9.17) is 0 Å². The Kier molecular flexibility index (Phi) is 4.71. The van der Waals surface area contributed by atoms with Crippen molar-refractivity contribution in [1.29, 1.82) is 0 Å². The van der Waals surface area contributed by atoms with E-state index in [0.29, 0.717) is 6.54 Å². The monoisotopic (exact) mass is 275 g/mol. The molecule has 0 aliphatic rings. The lowest BCUT2D eigenvalue weighted by Gasteiger charge is -2.05. The summed E-state index contributed by atoms with van der Waals surface area (Å²) < 4.78 is 18.1. The van der Waals surface area contributed by atoms with Gasteiger partial charge < -0.3 is 10.1 Å². The van der Waals surface area contributed by atoms with Crippen LogP contribution in [-0.4, -0.2) is 19.6 Å². The minimum Gasteiger partial charge on any atom is -0.468 e. The first-order valence-corrected chi connectivity index (χ1v) is 5.14. The molecule has 0 fully saturated rings. The van der Waals surface area contributed by atoms with Gasteiger partial charge in [-0.25, -0.2) is 4.39 Å². The third-order valence-corrected chi connectivity index (χ3v) is 2.59. The first kappa shape index (κ1) is 12.1. The van der Waals surface area contributed by atoms with Crippen molar-refractivity contribution in [3.05, 3.63) is 34.1 Å².